The molecule has 1 aliphatic heterocycles. The number of hydrogen-bond acceptors (Lipinski definition) is 5. The van der Waals surface area contributed by atoms with Crippen molar-refractivity contribution in [1.29, 1.82) is 0 Å². The molecule has 154 valence electrons. The fraction of sp³-hybridized carbons (Fsp3) is 0.429. The zero-order valence-corrected chi connectivity index (χ0v) is 18.1. The topological polar surface area (TPSA) is 97.4 Å². The molecule has 2 aliphatic rings. The molecule has 0 radical (unpaired) electrons. The molecule has 2 heterocycles. The third-order valence-electron chi connectivity index (χ3n) is 5.83. The van der Waals surface area contributed by atoms with E-state index in [0.29, 0.717) is 34.4 Å². The van der Waals surface area contributed by atoms with Crippen LogP contribution < -0.4 is 10.5 Å². The van der Waals surface area contributed by atoms with Crippen molar-refractivity contribution in [2.24, 2.45) is 16.1 Å². The lowest BCUT2D eigenvalue weighted by atomic mass is 9.76. The molecule has 1 aromatic heterocycles. The zero-order chi connectivity index (χ0) is 20.8. The molecule has 1 fully saturated rings. The van der Waals surface area contributed by atoms with Crippen LogP contribution in [0.5, 0.6) is 0 Å². The molecule has 0 bridgehead atoms. The number of benzene rings is 1. The van der Waals surface area contributed by atoms with Gasteiger partial charge in [-0.15, -0.1) is 0 Å². The zero-order valence-electron chi connectivity index (χ0n) is 16.6. The van der Waals surface area contributed by atoms with E-state index in [-0.39, 0.29) is 16.4 Å². The van der Waals surface area contributed by atoms with E-state index in [9.17, 15) is 8.42 Å². The maximum atomic E-state index is 12.8. The minimum atomic E-state index is -3.63. The summed E-state index contributed by atoms with van der Waals surface area (Å²) >= 11 is 6.44. The standard InChI is InChI=1S/C21H25ClN4O2S/c1-21(2)9-7-14(8-10-21)26-29(27,28)15-4-5-16(17(22)11-15)18-6-3-13-12-24-20(23)19(13)25-18/h3-6,11,14,26H,7-10,12H2,1-2H3,(H2,23,24). The van der Waals surface area contributed by atoms with Crippen molar-refractivity contribution in [3.63, 3.8) is 0 Å². The van der Waals surface area contributed by atoms with Crippen LogP contribution in [0.1, 0.15) is 50.8 Å². The maximum absolute atomic E-state index is 12.8. The lowest BCUT2D eigenvalue weighted by Crippen LogP contribution is -2.39. The summed E-state index contributed by atoms with van der Waals surface area (Å²) < 4.78 is 28.5. The van der Waals surface area contributed by atoms with Gasteiger partial charge in [-0.05, 0) is 55.4 Å². The Morgan fingerprint density at radius 2 is 1.90 bits per heavy atom. The lowest BCUT2D eigenvalue weighted by molar-refractivity contribution is 0.218. The van der Waals surface area contributed by atoms with E-state index in [2.05, 4.69) is 28.5 Å². The number of sulfonamides is 1. The summed E-state index contributed by atoms with van der Waals surface area (Å²) in [6.07, 6.45) is 3.72. The molecule has 29 heavy (non-hydrogen) atoms. The van der Waals surface area contributed by atoms with Crippen molar-refractivity contribution in [3.8, 4) is 11.3 Å². The fourth-order valence-corrected chi connectivity index (χ4v) is 5.58. The van der Waals surface area contributed by atoms with Gasteiger partial charge in [0.15, 0.2) is 0 Å². The summed E-state index contributed by atoms with van der Waals surface area (Å²) in [4.78, 5) is 8.91. The Morgan fingerprint density at radius 3 is 2.59 bits per heavy atom. The van der Waals surface area contributed by atoms with Crippen LogP contribution in [0.25, 0.3) is 11.3 Å². The molecule has 0 atom stereocenters. The van der Waals surface area contributed by atoms with Crippen LogP contribution in [0, 0.1) is 5.41 Å². The predicted molar refractivity (Wildman–Crippen MR) is 115 cm³/mol. The average molecular weight is 433 g/mol. The van der Waals surface area contributed by atoms with E-state index < -0.39 is 10.0 Å². The number of nitrogens with one attached hydrogen (secondary N) is 1. The van der Waals surface area contributed by atoms with Crippen molar-refractivity contribution in [2.75, 3.05) is 0 Å². The highest BCUT2D eigenvalue weighted by atomic mass is 35.5. The van der Waals surface area contributed by atoms with Crippen LogP contribution in [0.2, 0.25) is 5.02 Å². The Morgan fingerprint density at radius 1 is 1.17 bits per heavy atom. The van der Waals surface area contributed by atoms with Gasteiger partial charge in [-0.25, -0.2) is 18.1 Å². The van der Waals surface area contributed by atoms with Crippen LogP contribution in [-0.2, 0) is 16.6 Å². The van der Waals surface area contributed by atoms with E-state index >= 15 is 0 Å². The van der Waals surface area contributed by atoms with E-state index in [1.54, 1.807) is 12.1 Å². The van der Waals surface area contributed by atoms with Gasteiger partial charge in [0, 0.05) is 17.2 Å². The summed E-state index contributed by atoms with van der Waals surface area (Å²) in [5.41, 5.74) is 9.10. The van der Waals surface area contributed by atoms with Gasteiger partial charge < -0.3 is 5.73 Å². The second-order valence-electron chi connectivity index (χ2n) is 8.61. The summed E-state index contributed by atoms with van der Waals surface area (Å²) in [5, 5.41) is 0.332. The van der Waals surface area contributed by atoms with Gasteiger partial charge in [-0.2, -0.15) is 0 Å². The van der Waals surface area contributed by atoms with Gasteiger partial charge in [0.1, 0.15) is 11.5 Å². The number of halogens is 1. The molecular formula is C21H25ClN4O2S. The van der Waals surface area contributed by atoms with Crippen molar-refractivity contribution in [3.05, 3.63) is 46.6 Å². The molecule has 6 nitrogen and oxygen atoms in total. The van der Waals surface area contributed by atoms with Gasteiger partial charge in [-0.1, -0.05) is 31.5 Å². The second kappa shape index (κ2) is 7.38. The van der Waals surface area contributed by atoms with Crippen LogP contribution in [0.4, 0.5) is 0 Å². The largest absolute Gasteiger partial charge is 0.382 e. The SMILES string of the molecule is CC1(C)CCC(NS(=O)(=O)c2ccc(-c3ccc4c(n3)C(N)=NC4)c(Cl)c2)CC1. The Hall–Kier alpha value is -1.96. The molecule has 0 unspecified atom stereocenters. The number of nitrogens with zero attached hydrogens (tertiary/aromatic N) is 2. The number of aliphatic imine (C=N–C) groups is 1. The van der Waals surface area contributed by atoms with Crippen molar-refractivity contribution in [2.45, 2.75) is 57.0 Å². The normalized spacial score (nSPS) is 19.1. The van der Waals surface area contributed by atoms with E-state index in [1.165, 1.54) is 6.07 Å². The summed E-state index contributed by atoms with van der Waals surface area (Å²) in [5.74, 6) is 0.414. The Bertz CT molecular complexity index is 1090. The molecule has 0 saturated heterocycles. The van der Waals surface area contributed by atoms with Crippen LogP contribution in [0.15, 0.2) is 40.2 Å². The molecule has 3 N–H and O–H groups in total. The average Bonchev–Trinajstić information content (AvgIpc) is 3.04. The first kappa shape index (κ1) is 20.3. The molecule has 0 amide bonds. The fourth-order valence-electron chi connectivity index (χ4n) is 3.91. The highest BCUT2D eigenvalue weighted by Gasteiger charge is 2.30. The van der Waals surface area contributed by atoms with Crippen molar-refractivity contribution >= 4 is 27.5 Å². The quantitative estimate of drug-likeness (QED) is 0.766. The van der Waals surface area contributed by atoms with Gasteiger partial charge in [-0.3, -0.25) is 4.99 Å². The van der Waals surface area contributed by atoms with E-state index in [1.807, 2.05) is 12.1 Å². The Balaban J connectivity index is 1.56. The number of pyridine rings is 1. The van der Waals surface area contributed by atoms with Crippen molar-refractivity contribution < 1.29 is 8.42 Å². The molecule has 8 heteroatoms. The smallest absolute Gasteiger partial charge is 0.240 e. The molecule has 2 aromatic rings. The van der Waals surface area contributed by atoms with Crippen LogP contribution in [-0.4, -0.2) is 25.3 Å². The van der Waals surface area contributed by atoms with Gasteiger partial charge in [0.05, 0.1) is 22.2 Å². The van der Waals surface area contributed by atoms with Gasteiger partial charge in [0.2, 0.25) is 10.0 Å². The summed E-state index contributed by atoms with van der Waals surface area (Å²) in [6.45, 7) is 4.98. The van der Waals surface area contributed by atoms with E-state index in [4.69, 9.17) is 17.3 Å². The first-order valence-electron chi connectivity index (χ1n) is 9.77. The number of nitrogens with two attached hydrogens (primary N) is 1. The number of fused-ring (bicyclic) bond motifs is 1. The molecule has 1 aromatic carbocycles. The lowest BCUT2D eigenvalue weighted by Gasteiger charge is -2.34. The highest BCUT2D eigenvalue weighted by Crippen LogP contribution is 2.36. The van der Waals surface area contributed by atoms with E-state index in [0.717, 1.165) is 31.2 Å². The van der Waals surface area contributed by atoms with Crippen molar-refractivity contribution in [1.82, 2.24) is 9.71 Å². The third kappa shape index (κ3) is 4.17. The first-order valence-corrected chi connectivity index (χ1v) is 11.6. The molecular weight excluding hydrogens is 408 g/mol. The summed E-state index contributed by atoms with van der Waals surface area (Å²) in [6, 6.07) is 8.49. The van der Waals surface area contributed by atoms with Gasteiger partial charge in [0.25, 0.3) is 0 Å². The number of rotatable bonds is 4. The second-order valence-corrected chi connectivity index (χ2v) is 10.7. The number of aromatic nitrogens is 1. The van der Waals surface area contributed by atoms with Crippen LogP contribution in [0.3, 0.4) is 0 Å². The predicted octanol–water partition coefficient (Wildman–Crippen LogP) is 3.87. The highest BCUT2D eigenvalue weighted by molar-refractivity contribution is 7.89. The molecule has 0 spiro atoms. The third-order valence-corrected chi connectivity index (χ3v) is 7.66. The Labute approximate surface area is 176 Å². The Kier molecular flexibility index (Phi) is 5.17. The molecule has 4 rings (SSSR count). The number of amidine groups is 1. The minimum Gasteiger partial charge on any atom is -0.382 e. The molecule has 1 aliphatic carbocycles. The molecule has 1 saturated carbocycles. The number of hydrogen-bond donors (Lipinski definition) is 2. The van der Waals surface area contributed by atoms with Gasteiger partial charge >= 0.3 is 0 Å². The maximum Gasteiger partial charge on any atom is 0.240 e. The van der Waals surface area contributed by atoms with Crippen LogP contribution >= 0.6 is 11.6 Å². The minimum absolute atomic E-state index is 0.0351. The first-order chi connectivity index (χ1) is 13.6. The monoisotopic (exact) mass is 432 g/mol. The summed E-state index contributed by atoms with van der Waals surface area (Å²) in [7, 11) is -3.63.